The third-order valence-electron chi connectivity index (χ3n) is 2.97. The lowest BCUT2D eigenvalue weighted by atomic mass is 9.99. The lowest BCUT2D eigenvalue weighted by molar-refractivity contribution is -0.147. The molecule has 2 rings (SSSR count). The number of ether oxygens (including phenoxy) is 1. The highest BCUT2D eigenvalue weighted by Gasteiger charge is 2.32. The predicted molar refractivity (Wildman–Crippen MR) is 65.7 cm³/mol. The first kappa shape index (κ1) is 13.7. The average molecular weight is 324 g/mol. The van der Waals surface area contributed by atoms with Crippen LogP contribution in [0.5, 0.6) is 5.75 Å². The highest BCUT2D eigenvalue weighted by molar-refractivity contribution is 9.10. The van der Waals surface area contributed by atoms with Gasteiger partial charge in [-0.3, -0.25) is 4.90 Å². The molecule has 1 aromatic rings. The lowest BCUT2D eigenvalue weighted by Crippen LogP contribution is -2.38. The van der Waals surface area contributed by atoms with Gasteiger partial charge in [-0.1, -0.05) is 15.9 Å². The number of rotatable bonds is 2. The Morgan fingerprint density at radius 3 is 2.72 bits per heavy atom. The zero-order valence-electron chi connectivity index (χ0n) is 9.85. The quantitative estimate of drug-likeness (QED) is 0.827. The van der Waals surface area contributed by atoms with Gasteiger partial charge in [0.15, 0.2) is 0 Å². The van der Waals surface area contributed by atoms with Gasteiger partial charge >= 0.3 is 6.18 Å². The molecule has 6 heteroatoms. The molecule has 100 valence electrons. The molecule has 0 atom stereocenters. The fraction of sp³-hybridized carbons (Fsp3) is 0.500. The SMILES string of the molecule is COc1cc(Br)cc2c1CN(CC(F)(F)F)CC2. The molecule has 1 aromatic carbocycles. The molecule has 0 spiro atoms. The minimum absolute atomic E-state index is 0.283. The Bertz CT molecular complexity index is 430. The van der Waals surface area contributed by atoms with E-state index in [1.165, 1.54) is 12.0 Å². The number of fused-ring (bicyclic) bond motifs is 1. The van der Waals surface area contributed by atoms with E-state index in [0.29, 0.717) is 18.7 Å². The summed E-state index contributed by atoms with van der Waals surface area (Å²) in [5.74, 6) is 0.645. The van der Waals surface area contributed by atoms with Crippen molar-refractivity contribution in [3.8, 4) is 5.75 Å². The number of halogens is 4. The van der Waals surface area contributed by atoms with Crippen LogP contribution in [0.15, 0.2) is 16.6 Å². The van der Waals surface area contributed by atoms with Gasteiger partial charge in [0, 0.05) is 23.1 Å². The van der Waals surface area contributed by atoms with Crippen LogP contribution in [0.2, 0.25) is 0 Å². The van der Waals surface area contributed by atoms with E-state index in [9.17, 15) is 13.2 Å². The summed E-state index contributed by atoms with van der Waals surface area (Å²) in [5.41, 5.74) is 1.91. The first-order valence-electron chi connectivity index (χ1n) is 5.53. The van der Waals surface area contributed by atoms with E-state index >= 15 is 0 Å². The Kier molecular flexibility index (Phi) is 3.87. The van der Waals surface area contributed by atoms with Crippen LogP contribution in [0.3, 0.4) is 0 Å². The van der Waals surface area contributed by atoms with Crippen molar-refractivity contribution in [2.24, 2.45) is 0 Å². The van der Waals surface area contributed by atoms with E-state index in [4.69, 9.17) is 4.74 Å². The number of benzene rings is 1. The zero-order chi connectivity index (χ0) is 13.3. The maximum atomic E-state index is 12.4. The van der Waals surface area contributed by atoms with Crippen molar-refractivity contribution in [2.75, 3.05) is 20.2 Å². The van der Waals surface area contributed by atoms with Crippen LogP contribution in [0.1, 0.15) is 11.1 Å². The van der Waals surface area contributed by atoms with Crippen LogP contribution in [0.4, 0.5) is 13.2 Å². The van der Waals surface area contributed by atoms with Crippen molar-refractivity contribution in [1.82, 2.24) is 4.90 Å². The fourth-order valence-electron chi connectivity index (χ4n) is 2.22. The van der Waals surface area contributed by atoms with Gasteiger partial charge in [0.25, 0.3) is 0 Å². The lowest BCUT2D eigenvalue weighted by Gasteiger charge is -2.30. The van der Waals surface area contributed by atoms with E-state index in [1.807, 2.05) is 6.07 Å². The maximum absolute atomic E-state index is 12.4. The van der Waals surface area contributed by atoms with Gasteiger partial charge in [-0.2, -0.15) is 13.2 Å². The van der Waals surface area contributed by atoms with Crippen molar-refractivity contribution in [2.45, 2.75) is 19.1 Å². The summed E-state index contributed by atoms with van der Waals surface area (Å²) in [6, 6.07) is 3.73. The van der Waals surface area contributed by atoms with Crippen molar-refractivity contribution >= 4 is 15.9 Å². The van der Waals surface area contributed by atoms with Gasteiger partial charge in [-0.25, -0.2) is 0 Å². The molecule has 0 saturated heterocycles. The molecule has 0 saturated carbocycles. The molecule has 1 aliphatic heterocycles. The van der Waals surface area contributed by atoms with Gasteiger partial charge in [0.05, 0.1) is 13.7 Å². The zero-order valence-corrected chi connectivity index (χ0v) is 11.4. The smallest absolute Gasteiger partial charge is 0.401 e. The third-order valence-corrected chi connectivity index (χ3v) is 3.43. The number of methoxy groups -OCH3 is 1. The fourth-order valence-corrected chi connectivity index (χ4v) is 2.70. The normalized spacial score (nSPS) is 16.5. The van der Waals surface area contributed by atoms with Crippen LogP contribution in [-0.4, -0.2) is 31.3 Å². The topological polar surface area (TPSA) is 12.5 Å². The van der Waals surface area contributed by atoms with E-state index in [1.54, 1.807) is 6.07 Å². The number of alkyl halides is 3. The monoisotopic (exact) mass is 323 g/mol. The Balaban J connectivity index is 2.23. The summed E-state index contributed by atoms with van der Waals surface area (Å²) in [7, 11) is 1.53. The minimum atomic E-state index is -4.15. The molecule has 0 fully saturated rings. The second-order valence-electron chi connectivity index (χ2n) is 4.32. The molecule has 18 heavy (non-hydrogen) atoms. The van der Waals surface area contributed by atoms with Gasteiger partial charge in [-0.15, -0.1) is 0 Å². The molecular weight excluding hydrogens is 311 g/mol. The van der Waals surface area contributed by atoms with E-state index in [2.05, 4.69) is 15.9 Å². The highest BCUT2D eigenvalue weighted by atomic mass is 79.9. The molecule has 1 heterocycles. The molecule has 0 amide bonds. The summed E-state index contributed by atoms with van der Waals surface area (Å²) in [5, 5.41) is 0. The van der Waals surface area contributed by atoms with Gasteiger partial charge in [0.2, 0.25) is 0 Å². The van der Waals surface area contributed by atoms with E-state index in [0.717, 1.165) is 15.6 Å². The molecule has 2 nitrogen and oxygen atoms in total. The molecule has 0 aliphatic carbocycles. The molecular formula is C12H13BrF3NO. The Morgan fingerprint density at radius 1 is 1.39 bits per heavy atom. The average Bonchev–Trinajstić information content (AvgIpc) is 2.26. The predicted octanol–water partition coefficient (Wildman–Crippen LogP) is 3.38. The summed E-state index contributed by atoms with van der Waals surface area (Å²) in [6.45, 7) is -0.164. The van der Waals surface area contributed by atoms with Crippen LogP contribution in [0, 0.1) is 0 Å². The third kappa shape index (κ3) is 3.17. The van der Waals surface area contributed by atoms with E-state index in [-0.39, 0.29) is 6.54 Å². The summed E-state index contributed by atoms with van der Waals surface area (Å²) in [6.07, 6.45) is -3.54. The second kappa shape index (κ2) is 5.09. The van der Waals surface area contributed by atoms with Gasteiger partial charge < -0.3 is 4.74 Å². The van der Waals surface area contributed by atoms with Gasteiger partial charge in [-0.05, 0) is 24.1 Å². The molecule has 0 bridgehead atoms. The summed E-state index contributed by atoms with van der Waals surface area (Å²) < 4.78 is 43.3. The number of hydrogen-bond acceptors (Lipinski definition) is 2. The van der Waals surface area contributed by atoms with E-state index < -0.39 is 12.7 Å². The van der Waals surface area contributed by atoms with Crippen molar-refractivity contribution in [1.29, 1.82) is 0 Å². The Labute approximate surface area is 112 Å². The van der Waals surface area contributed by atoms with Crippen LogP contribution in [0.25, 0.3) is 0 Å². The number of hydrogen-bond donors (Lipinski definition) is 0. The molecule has 0 aromatic heterocycles. The standard InChI is InChI=1S/C12H13BrF3NO/c1-18-11-5-9(13)4-8-2-3-17(6-10(8)11)7-12(14,15)16/h4-5H,2-3,6-7H2,1H3. The first-order chi connectivity index (χ1) is 8.39. The van der Waals surface area contributed by atoms with Crippen molar-refractivity contribution in [3.05, 3.63) is 27.7 Å². The highest BCUT2D eigenvalue weighted by Crippen LogP contribution is 2.32. The van der Waals surface area contributed by atoms with Crippen molar-refractivity contribution < 1.29 is 17.9 Å². The summed E-state index contributed by atoms with van der Waals surface area (Å²) in [4.78, 5) is 1.40. The maximum Gasteiger partial charge on any atom is 0.401 e. The largest absolute Gasteiger partial charge is 0.496 e. The number of nitrogens with zero attached hydrogens (tertiary/aromatic N) is 1. The summed E-state index contributed by atoms with van der Waals surface area (Å²) >= 11 is 3.37. The van der Waals surface area contributed by atoms with Crippen LogP contribution in [-0.2, 0) is 13.0 Å². The van der Waals surface area contributed by atoms with Crippen molar-refractivity contribution in [3.63, 3.8) is 0 Å². The minimum Gasteiger partial charge on any atom is -0.496 e. The van der Waals surface area contributed by atoms with Gasteiger partial charge in [0.1, 0.15) is 5.75 Å². The molecule has 0 radical (unpaired) electrons. The second-order valence-corrected chi connectivity index (χ2v) is 5.24. The molecule has 0 unspecified atom stereocenters. The first-order valence-corrected chi connectivity index (χ1v) is 6.33. The molecule has 0 N–H and O–H groups in total. The Hall–Kier alpha value is -0.750. The molecule has 1 aliphatic rings. The van der Waals surface area contributed by atoms with Crippen LogP contribution < -0.4 is 4.74 Å². The van der Waals surface area contributed by atoms with Crippen LogP contribution >= 0.6 is 15.9 Å². The Morgan fingerprint density at radius 2 is 2.11 bits per heavy atom.